The van der Waals surface area contributed by atoms with Gasteiger partial charge in [0.05, 0.1) is 6.10 Å². The Bertz CT molecular complexity index is 302. The number of hydrogen-bond donors (Lipinski definition) is 2. The van der Waals surface area contributed by atoms with E-state index in [1.165, 1.54) is 5.56 Å². The van der Waals surface area contributed by atoms with Crippen molar-refractivity contribution in [2.24, 2.45) is 0 Å². The van der Waals surface area contributed by atoms with E-state index >= 15 is 0 Å². The second-order valence-electron chi connectivity index (χ2n) is 4.28. The first-order valence-electron chi connectivity index (χ1n) is 5.61. The highest BCUT2D eigenvalue weighted by molar-refractivity contribution is 5.13. The third kappa shape index (κ3) is 2.55. The quantitative estimate of drug-likeness (QED) is 0.790. The minimum absolute atomic E-state index is 0.177. The Hall–Kier alpha value is -0.930. The van der Waals surface area contributed by atoms with Crippen molar-refractivity contribution in [3.8, 4) is 0 Å². The lowest BCUT2D eigenvalue weighted by Crippen LogP contribution is -2.37. The van der Waals surface area contributed by atoms with Crippen molar-refractivity contribution in [2.45, 2.75) is 44.4 Å². The van der Waals surface area contributed by atoms with Gasteiger partial charge in [-0.25, -0.2) is 0 Å². The molecule has 1 aromatic heterocycles. The van der Waals surface area contributed by atoms with Gasteiger partial charge < -0.3 is 10.4 Å². The van der Waals surface area contributed by atoms with E-state index in [4.69, 9.17) is 0 Å². The summed E-state index contributed by atoms with van der Waals surface area (Å²) in [4.78, 5) is 4.10. The molecule has 0 aliphatic heterocycles. The summed E-state index contributed by atoms with van der Waals surface area (Å²) in [6.07, 6.45) is 6.60. The van der Waals surface area contributed by atoms with Gasteiger partial charge >= 0.3 is 0 Å². The molecular formula is C12H18N2O. The van der Waals surface area contributed by atoms with Gasteiger partial charge in [0.1, 0.15) is 0 Å². The fourth-order valence-electron chi connectivity index (χ4n) is 2.18. The summed E-state index contributed by atoms with van der Waals surface area (Å²) in [7, 11) is 0. The topological polar surface area (TPSA) is 45.1 Å². The molecule has 1 heterocycles. The van der Waals surface area contributed by atoms with Crippen molar-refractivity contribution < 1.29 is 5.11 Å². The number of hydrogen-bond acceptors (Lipinski definition) is 3. The minimum atomic E-state index is -0.177. The van der Waals surface area contributed by atoms with E-state index in [-0.39, 0.29) is 18.2 Å². The van der Waals surface area contributed by atoms with E-state index in [1.54, 1.807) is 6.20 Å². The normalized spacial score (nSPS) is 27.9. The van der Waals surface area contributed by atoms with Gasteiger partial charge in [-0.15, -0.1) is 0 Å². The molecule has 1 aliphatic rings. The van der Waals surface area contributed by atoms with E-state index < -0.39 is 0 Å². The molecule has 2 N–H and O–H groups in total. The van der Waals surface area contributed by atoms with Crippen molar-refractivity contribution in [1.82, 2.24) is 10.3 Å². The lowest BCUT2D eigenvalue weighted by atomic mass is 10.1. The third-order valence-electron chi connectivity index (χ3n) is 3.13. The van der Waals surface area contributed by atoms with Crippen LogP contribution < -0.4 is 5.32 Å². The lowest BCUT2D eigenvalue weighted by molar-refractivity contribution is 0.144. The van der Waals surface area contributed by atoms with Crippen LogP contribution in [0.15, 0.2) is 24.5 Å². The molecule has 3 heteroatoms. The first-order chi connectivity index (χ1) is 7.27. The van der Waals surface area contributed by atoms with Crippen molar-refractivity contribution in [3.05, 3.63) is 30.1 Å². The molecule has 2 unspecified atom stereocenters. The molecule has 15 heavy (non-hydrogen) atoms. The summed E-state index contributed by atoms with van der Waals surface area (Å²) >= 11 is 0. The van der Waals surface area contributed by atoms with Crippen LogP contribution in [0.25, 0.3) is 0 Å². The van der Waals surface area contributed by atoms with Crippen LogP contribution >= 0.6 is 0 Å². The van der Waals surface area contributed by atoms with Gasteiger partial charge in [0.15, 0.2) is 0 Å². The maximum atomic E-state index is 9.71. The summed E-state index contributed by atoms with van der Waals surface area (Å²) in [5.41, 5.74) is 1.18. The van der Waals surface area contributed by atoms with Crippen LogP contribution in [0.5, 0.6) is 0 Å². The molecule has 0 saturated heterocycles. The highest BCUT2D eigenvalue weighted by Gasteiger charge is 2.26. The molecule has 0 radical (unpaired) electrons. The van der Waals surface area contributed by atoms with Crippen LogP contribution in [0.4, 0.5) is 0 Å². The van der Waals surface area contributed by atoms with Gasteiger partial charge in [-0.05, 0) is 37.8 Å². The molecule has 1 saturated carbocycles. The van der Waals surface area contributed by atoms with E-state index in [0.717, 1.165) is 19.3 Å². The molecule has 82 valence electrons. The molecule has 0 spiro atoms. The second kappa shape index (κ2) is 4.73. The molecule has 1 aromatic rings. The smallest absolute Gasteiger partial charge is 0.0693 e. The molecule has 1 aliphatic carbocycles. The predicted molar refractivity (Wildman–Crippen MR) is 59.4 cm³/mol. The van der Waals surface area contributed by atoms with Crippen molar-refractivity contribution in [1.29, 1.82) is 0 Å². The molecule has 0 bridgehead atoms. The highest BCUT2D eigenvalue weighted by atomic mass is 16.3. The summed E-state index contributed by atoms with van der Waals surface area (Å²) in [5.74, 6) is 0. The Morgan fingerprint density at radius 2 is 2.40 bits per heavy atom. The van der Waals surface area contributed by atoms with Crippen molar-refractivity contribution in [3.63, 3.8) is 0 Å². The Morgan fingerprint density at radius 1 is 1.53 bits per heavy atom. The van der Waals surface area contributed by atoms with E-state index in [2.05, 4.69) is 23.3 Å². The van der Waals surface area contributed by atoms with Crippen LogP contribution in [-0.4, -0.2) is 22.2 Å². The van der Waals surface area contributed by atoms with Crippen LogP contribution in [0.1, 0.15) is 37.8 Å². The van der Waals surface area contributed by atoms with Gasteiger partial charge in [0, 0.05) is 24.5 Å². The fraction of sp³-hybridized carbons (Fsp3) is 0.583. The zero-order valence-corrected chi connectivity index (χ0v) is 9.06. The third-order valence-corrected chi connectivity index (χ3v) is 3.13. The lowest BCUT2D eigenvalue weighted by Gasteiger charge is -2.22. The van der Waals surface area contributed by atoms with Gasteiger partial charge in [-0.2, -0.15) is 0 Å². The van der Waals surface area contributed by atoms with Crippen LogP contribution in [0, 0.1) is 0 Å². The SMILES string of the molecule is C[C@H](NC1CCCC1O)c1cccnc1. The van der Waals surface area contributed by atoms with E-state index in [0.29, 0.717) is 0 Å². The van der Waals surface area contributed by atoms with E-state index in [9.17, 15) is 5.11 Å². The van der Waals surface area contributed by atoms with Crippen molar-refractivity contribution in [2.75, 3.05) is 0 Å². The fourth-order valence-corrected chi connectivity index (χ4v) is 2.18. The molecule has 3 nitrogen and oxygen atoms in total. The van der Waals surface area contributed by atoms with Gasteiger partial charge in [0.25, 0.3) is 0 Å². The summed E-state index contributed by atoms with van der Waals surface area (Å²) in [6.45, 7) is 2.11. The molecular weight excluding hydrogens is 188 g/mol. The number of nitrogens with zero attached hydrogens (tertiary/aromatic N) is 1. The number of pyridine rings is 1. The molecule has 0 aromatic carbocycles. The van der Waals surface area contributed by atoms with Gasteiger partial charge in [-0.3, -0.25) is 4.98 Å². The van der Waals surface area contributed by atoms with Gasteiger partial charge in [-0.1, -0.05) is 6.07 Å². The van der Waals surface area contributed by atoms with Gasteiger partial charge in [0.2, 0.25) is 0 Å². The number of aliphatic hydroxyl groups is 1. The van der Waals surface area contributed by atoms with E-state index in [1.807, 2.05) is 12.3 Å². The molecule has 2 rings (SSSR count). The number of nitrogens with one attached hydrogen (secondary N) is 1. The maximum absolute atomic E-state index is 9.71. The average Bonchev–Trinajstić information content (AvgIpc) is 2.66. The Balaban J connectivity index is 1.95. The highest BCUT2D eigenvalue weighted by Crippen LogP contribution is 2.22. The number of aliphatic hydroxyl groups excluding tert-OH is 1. The maximum Gasteiger partial charge on any atom is 0.0693 e. The van der Waals surface area contributed by atoms with Crippen LogP contribution in [0.3, 0.4) is 0 Å². The summed E-state index contributed by atoms with van der Waals surface area (Å²) in [5, 5.41) is 13.2. The second-order valence-corrected chi connectivity index (χ2v) is 4.28. The zero-order chi connectivity index (χ0) is 10.7. The largest absolute Gasteiger partial charge is 0.392 e. The van der Waals surface area contributed by atoms with Crippen LogP contribution in [-0.2, 0) is 0 Å². The summed E-state index contributed by atoms with van der Waals surface area (Å²) < 4.78 is 0. The Morgan fingerprint density at radius 3 is 3.00 bits per heavy atom. The minimum Gasteiger partial charge on any atom is -0.392 e. The zero-order valence-electron chi connectivity index (χ0n) is 9.06. The molecule has 0 amide bonds. The predicted octanol–water partition coefficient (Wildman–Crippen LogP) is 1.65. The first-order valence-corrected chi connectivity index (χ1v) is 5.61. The first kappa shape index (κ1) is 10.6. The Labute approximate surface area is 90.5 Å². The standard InChI is InChI=1S/C12H18N2O/c1-9(10-4-3-7-13-8-10)14-11-5-2-6-12(11)15/h3-4,7-9,11-12,14-15H,2,5-6H2,1H3/t9-,11?,12?/m0/s1. The molecule has 3 atom stereocenters. The monoisotopic (exact) mass is 206 g/mol. The molecule has 1 fully saturated rings. The number of rotatable bonds is 3. The summed E-state index contributed by atoms with van der Waals surface area (Å²) in [6, 6.07) is 4.52. The van der Waals surface area contributed by atoms with Crippen molar-refractivity contribution >= 4 is 0 Å². The number of aromatic nitrogens is 1. The van der Waals surface area contributed by atoms with Crippen LogP contribution in [0.2, 0.25) is 0 Å². The Kier molecular flexibility index (Phi) is 3.34. The average molecular weight is 206 g/mol.